The highest BCUT2D eigenvalue weighted by atomic mass is 35.5. The highest BCUT2D eigenvalue weighted by Gasteiger charge is 2.33. The molecule has 0 saturated heterocycles. The molecule has 1 amide bonds. The fourth-order valence-electron chi connectivity index (χ4n) is 4.90. The molecule has 4 rings (SSSR count). The Morgan fingerprint density at radius 2 is 1.94 bits per heavy atom. The van der Waals surface area contributed by atoms with Crippen molar-refractivity contribution < 1.29 is 22.7 Å². The van der Waals surface area contributed by atoms with E-state index in [9.17, 15) is 13.2 Å². The van der Waals surface area contributed by atoms with Crippen LogP contribution < -0.4 is 14.4 Å². The van der Waals surface area contributed by atoms with Crippen LogP contribution >= 0.6 is 11.6 Å². The Kier molecular flexibility index (Phi) is 8.24. The maximum atomic E-state index is 12.6. The maximum Gasteiger partial charge on any atom is 0.264 e. The second kappa shape index (κ2) is 11.2. The van der Waals surface area contributed by atoms with E-state index in [1.165, 1.54) is 5.56 Å². The van der Waals surface area contributed by atoms with Crippen LogP contribution in [-0.2, 0) is 27.8 Å². The molecule has 0 unspecified atom stereocenters. The van der Waals surface area contributed by atoms with Crippen LogP contribution in [0.15, 0.2) is 36.4 Å². The molecule has 190 valence electrons. The van der Waals surface area contributed by atoms with E-state index in [-0.39, 0.29) is 5.56 Å². The Bertz CT molecular complexity index is 1170. The molecule has 2 aliphatic rings. The molecule has 0 radical (unpaired) electrons. The summed E-state index contributed by atoms with van der Waals surface area (Å²) in [7, 11) is -1.93. The minimum atomic E-state index is -3.67. The highest BCUT2D eigenvalue weighted by Crippen LogP contribution is 2.39. The zero-order valence-corrected chi connectivity index (χ0v) is 21.8. The van der Waals surface area contributed by atoms with Gasteiger partial charge in [0.05, 0.1) is 11.9 Å². The molecule has 35 heavy (non-hydrogen) atoms. The largest absolute Gasteiger partial charge is 0.487 e. The number of halogens is 1. The number of nitrogens with one attached hydrogen (secondary N) is 1. The molecule has 7 nitrogen and oxygen atoms in total. The van der Waals surface area contributed by atoms with Crippen molar-refractivity contribution in [2.45, 2.75) is 38.7 Å². The number of nitrogens with zero attached hydrogens (tertiary/aromatic N) is 1. The first kappa shape index (κ1) is 25.8. The van der Waals surface area contributed by atoms with Gasteiger partial charge in [0.25, 0.3) is 5.91 Å². The van der Waals surface area contributed by atoms with Crippen molar-refractivity contribution >= 4 is 33.2 Å². The van der Waals surface area contributed by atoms with Crippen LogP contribution in [0.2, 0.25) is 5.02 Å². The van der Waals surface area contributed by atoms with Crippen LogP contribution in [0.25, 0.3) is 0 Å². The molecule has 9 heteroatoms. The number of rotatable bonds is 6. The van der Waals surface area contributed by atoms with Gasteiger partial charge in [0, 0.05) is 37.4 Å². The monoisotopic (exact) mass is 520 g/mol. The SMILES string of the molecule is COC[C@@H]1CC[C@H]1CN1CCCCc2cc(Cl)ccc2COc2ccc(C(=O)NS(C)(=O)=O)cc21. The first-order valence-corrected chi connectivity index (χ1v) is 14.3. The predicted octanol–water partition coefficient (Wildman–Crippen LogP) is 4.42. The summed E-state index contributed by atoms with van der Waals surface area (Å²) in [6.07, 6.45) is 6.15. The highest BCUT2D eigenvalue weighted by molar-refractivity contribution is 7.89. The summed E-state index contributed by atoms with van der Waals surface area (Å²) >= 11 is 6.25. The number of aryl methyl sites for hydroxylation is 1. The lowest BCUT2D eigenvalue weighted by Crippen LogP contribution is -2.40. The average molecular weight is 521 g/mol. The Morgan fingerprint density at radius 3 is 2.66 bits per heavy atom. The molecule has 1 N–H and O–H groups in total. The molecule has 1 saturated carbocycles. The fourth-order valence-corrected chi connectivity index (χ4v) is 5.55. The van der Waals surface area contributed by atoms with E-state index >= 15 is 0 Å². The third-order valence-corrected chi connectivity index (χ3v) is 7.72. The summed E-state index contributed by atoms with van der Waals surface area (Å²) in [5.41, 5.74) is 3.38. The van der Waals surface area contributed by atoms with E-state index in [1.54, 1.807) is 25.3 Å². The van der Waals surface area contributed by atoms with Gasteiger partial charge < -0.3 is 14.4 Å². The number of amides is 1. The zero-order valence-electron chi connectivity index (χ0n) is 20.3. The Labute approximate surface area is 212 Å². The van der Waals surface area contributed by atoms with Gasteiger partial charge in [-0.05, 0) is 85.4 Å². The van der Waals surface area contributed by atoms with Crippen molar-refractivity contribution in [2.75, 3.05) is 38.0 Å². The fraction of sp³-hybridized carbons (Fsp3) is 0.500. The van der Waals surface area contributed by atoms with Crippen LogP contribution in [0.3, 0.4) is 0 Å². The van der Waals surface area contributed by atoms with Gasteiger partial charge in [-0.3, -0.25) is 4.79 Å². The molecule has 1 aliphatic carbocycles. The quantitative estimate of drug-likeness (QED) is 0.606. The Hall–Kier alpha value is -2.29. The summed E-state index contributed by atoms with van der Waals surface area (Å²) < 4.78 is 37.0. The lowest BCUT2D eigenvalue weighted by atomic mass is 9.73. The first-order valence-electron chi connectivity index (χ1n) is 12.0. The number of ether oxygens (including phenoxy) is 2. The number of sulfonamides is 1. The molecule has 1 heterocycles. The Balaban J connectivity index is 1.67. The number of fused-ring (bicyclic) bond motifs is 2. The van der Waals surface area contributed by atoms with Gasteiger partial charge in [-0.2, -0.15) is 0 Å². The molecule has 2 aromatic rings. The van der Waals surface area contributed by atoms with Crippen LogP contribution in [0, 0.1) is 11.8 Å². The zero-order chi connectivity index (χ0) is 25.0. The molecule has 0 aromatic heterocycles. The first-order chi connectivity index (χ1) is 16.7. The summed E-state index contributed by atoms with van der Waals surface area (Å²) in [4.78, 5) is 14.9. The predicted molar refractivity (Wildman–Crippen MR) is 138 cm³/mol. The molecular weight excluding hydrogens is 488 g/mol. The van der Waals surface area contributed by atoms with E-state index in [1.807, 2.05) is 18.2 Å². The average Bonchev–Trinajstić information content (AvgIpc) is 2.82. The van der Waals surface area contributed by atoms with Gasteiger partial charge in [-0.1, -0.05) is 17.7 Å². The number of hydrogen-bond acceptors (Lipinski definition) is 6. The smallest absolute Gasteiger partial charge is 0.264 e. The van der Waals surface area contributed by atoms with Crippen molar-refractivity contribution in [1.29, 1.82) is 0 Å². The number of carbonyl (C=O) groups is 1. The molecule has 1 aliphatic heterocycles. The molecule has 2 atom stereocenters. The minimum absolute atomic E-state index is 0.284. The molecular formula is C26H33ClN2O5S. The third-order valence-electron chi connectivity index (χ3n) is 6.93. The van der Waals surface area contributed by atoms with E-state index in [2.05, 4.69) is 9.62 Å². The van der Waals surface area contributed by atoms with Gasteiger partial charge >= 0.3 is 0 Å². The van der Waals surface area contributed by atoms with Gasteiger partial charge in [-0.25, -0.2) is 13.1 Å². The van der Waals surface area contributed by atoms with Gasteiger partial charge in [0.1, 0.15) is 12.4 Å². The van der Waals surface area contributed by atoms with Gasteiger partial charge in [0.15, 0.2) is 0 Å². The molecule has 0 spiro atoms. The molecule has 2 aromatic carbocycles. The summed E-state index contributed by atoms with van der Waals surface area (Å²) in [6, 6.07) is 11.0. The van der Waals surface area contributed by atoms with E-state index < -0.39 is 15.9 Å². The van der Waals surface area contributed by atoms with Crippen LogP contribution in [0.5, 0.6) is 5.75 Å². The standard InChI is InChI=1S/C26H33ClN2O5S/c1-33-16-21-7-6-20(21)15-29-12-4-3-5-18-13-23(27)10-8-22(18)17-34-25-11-9-19(14-24(25)29)26(30)28-35(2,31)32/h8-11,13-14,20-21H,3-7,12,15-17H2,1-2H3,(H,28,30)/t20-,21-/m0/s1. The summed E-state index contributed by atoms with van der Waals surface area (Å²) in [5.74, 6) is 1.04. The van der Waals surface area contributed by atoms with Gasteiger partial charge in [-0.15, -0.1) is 0 Å². The van der Waals surface area contributed by atoms with Gasteiger partial charge in [0.2, 0.25) is 10.0 Å². The molecule has 0 bridgehead atoms. The van der Waals surface area contributed by atoms with Crippen molar-refractivity contribution in [1.82, 2.24) is 4.72 Å². The topological polar surface area (TPSA) is 84.9 Å². The number of anilines is 1. The summed E-state index contributed by atoms with van der Waals surface area (Å²) in [5, 5.41) is 0.719. The van der Waals surface area contributed by atoms with Crippen molar-refractivity contribution in [2.24, 2.45) is 11.8 Å². The lowest BCUT2D eigenvalue weighted by Gasteiger charge is -2.40. The molecule has 1 fully saturated rings. The van der Waals surface area contributed by atoms with Crippen LogP contribution in [0.1, 0.15) is 47.2 Å². The minimum Gasteiger partial charge on any atom is -0.487 e. The summed E-state index contributed by atoms with van der Waals surface area (Å²) in [6.45, 7) is 2.77. The number of methoxy groups -OCH3 is 1. The third kappa shape index (κ3) is 6.68. The van der Waals surface area contributed by atoms with Crippen LogP contribution in [0.4, 0.5) is 5.69 Å². The second-order valence-electron chi connectivity index (χ2n) is 9.54. The van der Waals surface area contributed by atoms with Crippen molar-refractivity contribution in [3.8, 4) is 5.75 Å². The Morgan fingerprint density at radius 1 is 1.14 bits per heavy atom. The van der Waals surface area contributed by atoms with Crippen molar-refractivity contribution in [3.63, 3.8) is 0 Å². The second-order valence-corrected chi connectivity index (χ2v) is 11.7. The van der Waals surface area contributed by atoms with E-state index in [4.69, 9.17) is 21.1 Å². The van der Waals surface area contributed by atoms with E-state index in [0.29, 0.717) is 24.2 Å². The number of carbonyl (C=O) groups excluding carboxylic acids is 1. The van der Waals surface area contributed by atoms with Crippen molar-refractivity contribution in [3.05, 3.63) is 58.1 Å². The number of hydrogen-bond donors (Lipinski definition) is 1. The lowest BCUT2D eigenvalue weighted by molar-refractivity contribution is 0.0628. The normalized spacial score (nSPS) is 20.5. The van der Waals surface area contributed by atoms with Crippen LogP contribution in [-0.4, -0.2) is 47.4 Å². The number of benzene rings is 2. The van der Waals surface area contributed by atoms with E-state index in [0.717, 1.165) is 74.3 Å². The maximum absolute atomic E-state index is 12.6.